The van der Waals surface area contributed by atoms with Crippen molar-refractivity contribution in [3.63, 3.8) is 0 Å². The Kier molecular flexibility index (Phi) is 4.25. The molecule has 2 aliphatic carbocycles. The van der Waals surface area contributed by atoms with E-state index < -0.39 is 0 Å². The molecule has 1 N–H and O–H groups in total. The van der Waals surface area contributed by atoms with Gasteiger partial charge in [0.25, 0.3) is 0 Å². The van der Waals surface area contributed by atoms with Gasteiger partial charge < -0.3 is 10.2 Å². The van der Waals surface area contributed by atoms with Crippen molar-refractivity contribution in [3.05, 3.63) is 23.5 Å². The van der Waals surface area contributed by atoms with Crippen LogP contribution >= 0.6 is 0 Å². The Morgan fingerprint density at radius 3 is 2.40 bits per heavy atom. The van der Waals surface area contributed by atoms with Crippen molar-refractivity contribution in [2.45, 2.75) is 46.1 Å². The Morgan fingerprint density at radius 1 is 1.20 bits per heavy atom. The molecule has 0 saturated heterocycles. The maximum Gasteiger partial charge on any atom is 0.0445 e. The fraction of sp³-hybridized carbons (Fsp3) is 0.706. The van der Waals surface area contributed by atoms with Gasteiger partial charge in [0.05, 0.1) is 0 Å². The molecule has 2 fully saturated rings. The molecule has 20 heavy (non-hydrogen) atoms. The van der Waals surface area contributed by atoms with E-state index in [0.29, 0.717) is 0 Å². The Hall–Kier alpha value is -1.09. The number of rotatable bonds is 8. The topological polar surface area (TPSA) is 28.2 Å². The first-order valence-electron chi connectivity index (χ1n) is 8.17. The predicted octanol–water partition coefficient (Wildman–Crippen LogP) is 3.13. The minimum atomic E-state index is 0.935. The Bertz CT molecular complexity index is 436. The van der Waals surface area contributed by atoms with Crippen molar-refractivity contribution < 1.29 is 0 Å². The van der Waals surface area contributed by atoms with Crippen LogP contribution in [0.2, 0.25) is 0 Å². The summed E-state index contributed by atoms with van der Waals surface area (Å²) in [6.45, 7) is 8.71. The molecule has 110 valence electrons. The van der Waals surface area contributed by atoms with Crippen LogP contribution in [0.15, 0.2) is 12.3 Å². The van der Waals surface area contributed by atoms with Crippen molar-refractivity contribution in [3.8, 4) is 0 Å². The maximum absolute atomic E-state index is 4.50. The van der Waals surface area contributed by atoms with Crippen LogP contribution in [0.5, 0.6) is 0 Å². The van der Waals surface area contributed by atoms with Crippen molar-refractivity contribution in [2.24, 2.45) is 11.8 Å². The quantitative estimate of drug-likeness (QED) is 0.789. The molecule has 0 amide bonds. The molecule has 0 unspecified atom stereocenters. The summed E-state index contributed by atoms with van der Waals surface area (Å²) in [5.74, 6) is 1.88. The SMILES string of the molecule is CCNCc1cnc(C)cc1N(CC1CC1)CC1CC1. The number of anilines is 1. The third kappa shape index (κ3) is 3.72. The number of aromatic nitrogens is 1. The van der Waals surface area contributed by atoms with E-state index in [0.717, 1.165) is 30.6 Å². The van der Waals surface area contributed by atoms with E-state index in [2.05, 4.69) is 41.3 Å². The zero-order valence-electron chi connectivity index (χ0n) is 12.9. The maximum atomic E-state index is 4.50. The van der Waals surface area contributed by atoms with Crippen LogP contribution in [0.4, 0.5) is 5.69 Å². The second-order valence-electron chi connectivity index (χ2n) is 6.53. The van der Waals surface area contributed by atoms with Gasteiger partial charge in [0.1, 0.15) is 0 Å². The first-order valence-corrected chi connectivity index (χ1v) is 8.17. The molecular formula is C17H27N3. The molecule has 1 aromatic heterocycles. The van der Waals surface area contributed by atoms with E-state index in [9.17, 15) is 0 Å². The summed E-state index contributed by atoms with van der Waals surface area (Å²) < 4.78 is 0. The Morgan fingerprint density at radius 2 is 1.85 bits per heavy atom. The molecule has 0 aliphatic heterocycles. The minimum absolute atomic E-state index is 0.935. The number of nitrogens with zero attached hydrogens (tertiary/aromatic N) is 2. The first-order chi connectivity index (χ1) is 9.76. The van der Waals surface area contributed by atoms with E-state index in [1.54, 1.807) is 0 Å². The zero-order valence-corrected chi connectivity index (χ0v) is 12.9. The third-order valence-corrected chi connectivity index (χ3v) is 4.36. The molecule has 0 radical (unpaired) electrons. The molecule has 3 heteroatoms. The van der Waals surface area contributed by atoms with Gasteiger partial charge in [-0.15, -0.1) is 0 Å². The average molecular weight is 273 g/mol. The van der Waals surface area contributed by atoms with Crippen LogP contribution in [0, 0.1) is 18.8 Å². The van der Waals surface area contributed by atoms with Gasteiger partial charge >= 0.3 is 0 Å². The number of aryl methyl sites for hydroxylation is 1. The second kappa shape index (κ2) is 6.13. The summed E-state index contributed by atoms with van der Waals surface area (Å²) in [7, 11) is 0. The van der Waals surface area contributed by atoms with Gasteiger partial charge in [-0.3, -0.25) is 4.98 Å². The number of hydrogen-bond acceptors (Lipinski definition) is 3. The highest BCUT2D eigenvalue weighted by atomic mass is 15.1. The second-order valence-corrected chi connectivity index (χ2v) is 6.53. The summed E-state index contributed by atoms with van der Waals surface area (Å²) in [5, 5.41) is 3.45. The molecule has 3 rings (SSSR count). The van der Waals surface area contributed by atoms with E-state index in [-0.39, 0.29) is 0 Å². The summed E-state index contributed by atoms with van der Waals surface area (Å²) in [4.78, 5) is 7.15. The lowest BCUT2D eigenvalue weighted by Gasteiger charge is -2.27. The van der Waals surface area contributed by atoms with E-state index in [4.69, 9.17) is 0 Å². The molecule has 0 aromatic carbocycles. The molecule has 2 saturated carbocycles. The third-order valence-electron chi connectivity index (χ3n) is 4.36. The summed E-state index contributed by atoms with van der Waals surface area (Å²) in [6.07, 6.45) is 7.77. The van der Waals surface area contributed by atoms with Crippen LogP contribution in [-0.2, 0) is 6.54 Å². The fourth-order valence-electron chi connectivity index (χ4n) is 2.76. The lowest BCUT2D eigenvalue weighted by molar-refractivity contribution is 0.666. The van der Waals surface area contributed by atoms with Crippen LogP contribution in [0.25, 0.3) is 0 Å². The molecule has 1 aromatic rings. The van der Waals surface area contributed by atoms with E-state index in [1.807, 2.05) is 0 Å². The smallest absolute Gasteiger partial charge is 0.0445 e. The molecule has 3 nitrogen and oxygen atoms in total. The Labute approximate surface area is 122 Å². The molecule has 0 bridgehead atoms. The highest BCUT2D eigenvalue weighted by Gasteiger charge is 2.30. The molecule has 0 spiro atoms. The number of pyridine rings is 1. The van der Waals surface area contributed by atoms with E-state index in [1.165, 1.54) is 50.0 Å². The highest BCUT2D eigenvalue weighted by molar-refractivity contribution is 5.54. The van der Waals surface area contributed by atoms with Gasteiger partial charge in [-0.1, -0.05) is 6.92 Å². The highest BCUT2D eigenvalue weighted by Crippen LogP contribution is 2.36. The predicted molar refractivity (Wildman–Crippen MR) is 84.0 cm³/mol. The van der Waals surface area contributed by atoms with Crippen LogP contribution in [0.1, 0.15) is 43.9 Å². The van der Waals surface area contributed by atoms with Gasteiger partial charge in [-0.25, -0.2) is 0 Å². The van der Waals surface area contributed by atoms with Crippen molar-refractivity contribution >= 4 is 5.69 Å². The lowest BCUT2D eigenvalue weighted by Crippen LogP contribution is -2.30. The molecule has 0 atom stereocenters. The van der Waals surface area contributed by atoms with Crippen molar-refractivity contribution in [1.29, 1.82) is 0 Å². The van der Waals surface area contributed by atoms with Gasteiger partial charge in [0.15, 0.2) is 0 Å². The average Bonchev–Trinajstić information content (AvgIpc) is 3.32. The fourth-order valence-corrected chi connectivity index (χ4v) is 2.76. The van der Waals surface area contributed by atoms with Crippen LogP contribution in [0.3, 0.4) is 0 Å². The zero-order chi connectivity index (χ0) is 13.9. The van der Waals surface area contributed by atoms with Crippen LogP contribution < -0.4 is 10.2 Å². The number of hydrogen-bond donors (Lipinski definition) is 1. The van der Waals surface area contributed by atoms with E-state index >= 15 is 0 Å². The first kappa shape index (κ1) is 13.9. The molecule has 2 aliphatic rings. The summed E-state index contributed by atoms with van der Waals surface area (Å²) >= 11 is 0. The standard InChI is InChI=1S/C17H27N3/c1-3-18-9-16-10-19-13(2)8-17(16)20(11-14-4-5-14)12-15-6-7-15/h8,10,14-15,18H,3-7,9,11-12H2,1-2H3. The Balaban J connectivity index is 1.79. The molecule has 1 heterocycles. The normalized spacial score (nSPS) is 18.3. The van der Waals surface area contributed by atoms with Gasteiger partial charge in [0.2, 0.25) is 0 Å². The number of nitrogens with one attached hydrogen (secondary N) is 1. The van der Waals surface area contributed by atoms with Crippen molar-refractivity contribution in [1.82, 2.24) is 10.3 Å². The van der Waals surface area contributed by atoms with Gasteiger partial charge in [0, 0.05) is 42.8 Å². The summed E-state index contributed by atoms with van der Waals surface area (Å²) in [5.41, 5.74) is 3.92. The van der Waals surface area contributed by atoms with Gasteiger partial charge in [-0.05, 0) is 57.1 Å². The lowest BCUT2D eigenvalue weighted by atomic mass is 10.1. The van der Waals surface area contributed by atoms with Crippen molar-refractivity contribution in [2.75, 3.05) is 24.5 Å². The molecular weight excluding hydrogens is 246 g/mol. The minimum Gasteiger partial charge on any atom is -0.371 e. The van der Waals surface area contributed by atoms with Crippen LogP contribution in [-0.4, -0.2) is 24.6 Å². The monoisotopic (exact) mass is 273 g/mol. The van der Waals surface area contributed by atoms with Gasteiger partial charge in [-0.2, -0.15) is 0 Å². The summed E-state index contributed by atoms with van der Waals surface area (Å²) in [6, 6.07) is 2.29. The largest absolute Gasteiger partial charge is 0.371 e.